The first-order chi connectivity index (χ1) is 15.7. The van der Waals surface area contributed by atoms with E-state index in [0.717, 1.165) is 27.7 Å². The summed E-state index contributed by atoms with van der Waals surface area (Å²) in [6, 6.07) is 21.9. The molecule has 7 heteroatoms. The van der Waals surface area contributed by atoms with Gasteiger partial charge in [-0.2, -0.15) is 10.4 Å². The Morgan fingerprint density at radius 1 is 1.09 bits per heavy atom. The van der Waals surface area contributed by atoms with Gasteiger partial charge in [-0.05, 0) is 19.1 Å². The molecule has 3 aromatic heterocycles. The highest BCUT2D eigenvalue weighted by Crippen LogP contribution is 2.29. The van der Waals surface area contributed by atoms with Gasteiger partial charge in [0.2, 0.25) is 0 Å². The monoisotopic (exact) mass is 419 g/mol. The summed E-state index contributed by atoms with van der Waals surface area (Å²) in [6.45, 7) is 2.00. The Balaban J connectivity index is 1.63. The van der Waals surface area contributed by atoms with E-state index >= 15 is 0 Å². The summed E-state index contributed by atoms with van der Waals surface area (Å²) in [5.74, 6) is -0.485. The molecule has 0 N–H and O–H groups in total. The van der Waals surface area contributed by atoms with Gasteiger partial charge in [0.05, 0.1) is 23.4 Å². The lowest BCUT2D eigenvalue weighted by atomic mass is 10.0. The van der Waals surface area contributed by atoms with Crippen LogP contribution in [0.1, 0.15) is 22.8 Å². The molecule has 0 aliphatic rings. The molecule has 0 amide bonds. The lowest BCUT2D eigenvalue weighted by molar-refractivity contribution is 0.0525. The zero-order chi connectivity index (χ0) is 22.1. The van der Waals surface area contributed by atoms with Crippen LogP contribution in [0.5, 0.6) is 0 Å². The average molecular weight is 419 g/mol. The number of carbonyl (C=O) groups is 1. The van der Waals surface area contributed by atoms with Crippen molar-refractivity contribution in [3.8, 4) is 28.6 Å². The minimum Gasteiger partial charge on any atom is -0.462 e. The SMILES string of the molecule is CCOC(=O)c1cnc2c(C#N)c(-c3ccc4ccc(-c5ccccc5)nc4c3)nn2c1. The fraction of sp³-hybridized carbons (Fsp3) is 0.0800. The molecule has 0 radical (unpaired) electrons. The van der Waals surface area contributed by atoms with Crippen molar-refractivity contribution >= 4 is 22.5 Å². The number of hydrogen-bond acceptors (Lipinski definition) is 6. The van der Waals surface area contributed by atoms with Crippen molar-refractivity contribution in [2.24, 2.45) is 0 Å². The number of ether oxygens (including phenoxy) is 1. The van der Waals surface area contributed by atoms with Crippen LogP contribution < -0.4 is 0 Å². The van der Waals surface area contributed by atoms with Gasteiger partial charge in [0.15, 0.2) is 5.65 Å². The maximum absolute atomic E-state index is 12.0. The molecule has 0 saturated carbocycles. The van der Waals surface area contributed by atoms with Gasteiger partial charge in [-0.1, -0.05) is 48.5 Å². The second-order valence-electron chi connectivity index (χ2n) is 7.14. The van der Waals surface area contributed by atoms with Crippen molar-refractivity contribution in [2.75, 3.05) is 6.61 Å². The summed E-state index contributed by atoms with van der Waals surface area (Å²) >= 11 is 0. The van der Waals surface area contributed by atoms with E-state index in [2.05, 4.69) is 16.2 Å². The van der Waals surface area contributed by atoms with E-state index in [1.165, 1.54) is 16.9 Å². The third-order valence-corrected chi connectivity index (χ3v) is 5.13. The number of rotatable bonds is 4. The van der Waals surface area contributed by atoms with E-state index in [1.807, 2.05) is 60.7 Å². The van der Waals surface area contributed by atoms with Gasteiger partial charge in [-0.3, -0.25) is 0 Å². The van der Waals surface area contributed by atoms with Crippen LogP contribution in [0.15, 0.2) is 73.1 Å². The summed E-state index contributed by atoms with van der Waals surface area (Å²) in [6.07, 6.45) is 2.92. The molecule has 154 valence electrons. The van der Waals surface area contributed by atoms with Gasteiger partial charge in [0.25, 0.3) is 0 Å². The second kappa shape index (κ2) is 7.93. The topological polar surface area (TPSA) is 93.2 Å². The summed E-state index contributed by atoms with van der Waals surface area (Å²) in [7, 11) is 0. The first kappa shape index (κ1) is 19.4. The van der Waals surface area contributed by atoms with Crippen LogP contribution in [0.25, 0.3) is 39.1 Å². The Bertz CT molecular complexity index is 1520. The van der Waals surface area contributed by atoms with E-state index in [-0.39, 0.29) is 12.2 Å². The molecule has 0 unspecified atom stereocenters. The molecule has 5 rings (SSSR count). The van der Waals surface area contributed by atoms with E-state index in [1.54, 1.807) is 6.92 Å². The smallest absolute Gasteiger partial charge is 0.341 e. The zero-order valence-corrected chi connectivity index (χ0v) is 17.2. The molecule has 32 heavy (non-hydrogen) atoms. The molecule has 0 saturated heterocycles. The van der Waals surface area contributed by atoms with E-state index in [9.17, 15) is 10.1 Å². The molecule has 0 atom stereocenters. The molecule has 7 nitrogen and oxygen atoms in total. The molecule has 0 aliphatic heterocycles. The van der Waals surface area contributed by atoms with Crippen molar-refractivity contribution in [3.63, 3.8) is 0 Å². The van der Waals surface area contributed by atoms with Crippen LogP contribution >= 0.6 is 0 Å². The number of pyridine rings is 1. The first-order valence-electron chi connectivity index (χ1n) is 10.1. The van der Waals surface area contributed by atoms with Gasteiger partial charge >= 0.3 is 5.97 Å². The van der Waals surface area contributed by atoms with Gasteiger partial charge in [-0.25, -0.2) is 19.3 Å². The minimum atomic E-state index is -0.485. The molecule has 5 aromatic rings. The Labute approximate surface area is 183 Å². The maximum atomic E-state index is 12.0. The van der Waals surface area contributed by atoms with Crippen molar-refractivity contribution in [3.05, 3.63) is 84.2 Å². The standard InChI is InChI=1S/C25H17N5O2/c1-2-32-25(31)19-14-27-24-20(13-26)23(29-30(24)15-19)18-9-8-17-10-11-21(28-22(17)12-18)16-6-4-3-5-7-16/h3-12,14-15H,2H2,1H3. The number of nitrogens with zero attached hydrogens (tertiary/aromatic N) is 5. The molecule has 3 heterocycles. The van der Waals surface area contributed by atoms with Gasteiger partial charge in [-0.15, -0.1) is 0 Å². The highest BCUT2D eigenvalue weighted by molar-refractivity contribution is 5.90. The second-order valence-corrected chi connectivity index (χ2v) is 7.14. The summed E-state index contributed by atoms with van der Waals surface area (Å²) in [5, 5.41) is 15.3. The quantitative estimate of drug-likeness (QED) is 0.393. The molecular formula is C25H17N5O2. The highest BCUT2D eigenvalue weighted by atomic mass is 16.5. The normalized spacial score (nSPS) is 10.9. The largest absolute Gasteiger partial charge is 0.462 e. The van der Waals surface area contributed by atoms with Crippen molar-refractivity contribution in [2.45, 2.75) is 6.92 Å². The maximum Gasteiger partial charge on any atom is 0.341 e. The lowest BCUT2D eigenvalue weighted by Gasteiger charge is -2.05. The number of fused-ring (bicyclic) bond motifs is 2. The Kier molecular flexibility index (Phi) is 4.81. The van der Waals surface area contributed by atoms with Crippen LogP contribution in [0, 0.1) is 11.3 Å². The lowest BCUT2D eigenvalue weighted by Crippen LogP contribution is -2.07. The van der Waals surface area contributed by atoms with E-state index in [4.69, 9.17) is 9.72 Å². The minimum absolute atomic E-state index is 0.264. The fourth-order valence-electron chi connectivity index (χ4n) is 3.59. The third kappa shape index (κ3) is 3.34. The third-order valence-electron chi connectivity index (χ3n) is 5.13. The molecule has 0 spiro atoms. The molecule has 0 aliphatic carbocycles. The van der Waals surface area contributed by atoms with Crippen LogP contribution in [0.3, 0.4) is 0 Å². The predicted molar refractivity (Wildman–Crippen MR) is 120 cm³/mol. The zero-order valence-electron chi connectivity index (χ0n) is 17.2. The fourth-order valence-corrected chi connectivity index (χ4v) is 3.59. The summed E-state index contributed by atoms with van der Waals surface area (Å²) in [5.41, 5.74) is 4.90. The Morgan fingerprint density at radius 2 is 1.91 bits per heavy atom. The van der Waals surface area contributed by atoms with Crippen LogP contribution in [-0.4, -0.2) is 32.2 Å². The number of benzene rings is 2. The van der Waals surface area contributed by atoms with E-state index < -0.39 is 5.97 Å². The molecular weight excluding hydrogens is 402 g/mol. The number of nitriles is 1. The van der Waals surface area contributed by atoms with Crippen molar-refractivity contribution in [1.29, 1.82) is 5.26 Å². The molecule has 0 bridgehead atoms. The number of hydrogen-bond donors (Lipinski definition) is 0. The summed E-state index contributed by atoms with van der Waals surface area (Å²) < 4.78 is 6.47. The number of aromatic nitrogens is 4. The first-order valence-corrected chi connectivity index (χ1v) is 10.1. The summed E-state index contributed by atoms with van der Waals surface area (Å²) in [4.78, 5) is 21.1. The van der Waals surface area contributed by atoms with Gasteiger partial charge < -0.3 is 4.74 Å². The van der Waals surface area contributed by atoms with Crippen molar-refractivity contribution in [1.82, 2.24) is 19.6 Å². The number of carbonyl (C=O) groups excluding carboxylic acids is 1. The van der Waals surface area contributed by atoms with E-state index in [0.29, 0.717) is 16.9 Å². The van der Waals surface area contributed by atoms with Gasteiger partial charge in [0.1, 0.15) is 17.3 Å². The van der Waals surface area contributed by atoms with Crippen LogP contribution in [-0.2, 0) is 4.74 Å². The molecule has 2 aromatic carbocycles. The molecule has 0 fully saturated rings. The Hall–Kier alpha value is -4.57. The Morgan fingerprint density at radius 3 is 2.69 bits per heavy atom. The van der Waals surface area contributed by atoms with Crippen LogP contribution in [0.4, 0.5) is 0 Å². The van der Waals surface area contributed by atoms with Gasteiger partial charge in [0, 0.05) is 28.9 Å². The highest BCUT2D eigenvalue weighted by Gasteiger charge is 2.18. The average Bonchev–Trinajstić information content (AvgIpc) is 3.22. The number of esters is 1. The van der Waals surface area contributed by atoms with Crippen molar-refractivity contribution < 1.29 is 9.53 Å². The van der Waals surface area contributed by atoms with Crippen LogP contribution in [0.2, 0.25) is 0 Å². The predicted octanol–water partition coefficient (Wildman–Crippen LogP) is 4.66.